The monoisotopic (exact) mass is 311 g/mol. The van der Waals surface area contributed by atoms with Gasteiger partial charge in [0.25, 0.3) is 0 Å². The van der Waals surface area contributed by atoms with Gasteiger partial charge in [-0.25, -0.2) is 4.98 Å². The number of anilines is 1. The van der Waals surface area contributed by atoms with Crippen molar-refractivity contribution in [2.24, 2.45) is 0 Å². The zero-order valence-corrected chi connectivity index (χ0v) is 12.9. The summed E-state index contributed by atoms with van der Waals surface area (Å²) in [6.07, 6.45) is 2.39. The topological polar surface area (TPSA) is 54.0 Å². The average molecular weight is 312 g/mol. The number of thiazole rings is 1. The van der Waals surface area contributed by atoms with Gasteiger partial charge in [0.2, 0.25) is 5.91 Å². The summed E-state index contributed by atoms with van der Waals surface area (Å²) in [5, 5.41) is 6.83. The maximum absolute atomic E-state index is 11.1. The average Bonchev–Trinajstić information content (AvgIpc) is 2.79. The summed E-state index contributed by atoms with van der Waals surface area (Å²) in [6, 6.07) is 6.47. The second-order valence-electron chi connectivity index (χ2n) is 4.95. The van der Waals surface area contributed by atoms with Crippen molar-refractivity contribution in [1.82, 2.24) is 10.3 Å². The Labute approximate surface area is 128 Å². The fourth-order valence-corrected chi connectivity index (χ4v) is 3.51. The zero-order chi connectivity index (χ0) is 13.2. The number of piperidine rings is 1. The van der Waals surface area contributed by atoms with E-state index in [2.05, 4.69) is 33.8 Å². The Kier molecular flexibility index (Phi) is 4.96. The second kappa shape index (κ2) is 6.52. The predicted octanol–water partition coefficient (Wildman–Crippen LogP) is 3.14. The quantitative estimate of drug-likeness (QED) is 0.896. The van der Waals surface area contributed by atoms with E-state index < -0.39 is 0 Å². The van der Waals surface area contributed by atoms with Crippen LogP contribution in [0, 0.1) is 0 Å². The summed E-state index contributed by atoms with van der Waals surface area (Å²) in [4.78, 5) is 15.5. The van der Waals surface area contributed by atoms with Gasteiger partial charge in [-0.2, -0.15) is 0 Å². The van der Waals surface area contributed by atoms with Crippen molar-refractivity contribution < 1.29 is 4.79 Å². The normalized spacial score (nSPS) is 15.8. The van der Waals surface area contributed by atoms with Gasteiger partial charge in [-0.15, -0.1) is 12.4 Å². The first-order chi connectivity index (χ1) is 9.22. The number of nitrogens with one attached hydrogen (secondary N) is 2. The van der Waals surface area contributed by atoms with E-state index >= 15 is 0 Å². The molecule has 0 radical (unpaired) electrons. The molecule has 1 amide bonds. The van der Waals surface area contributed by atoms with Crippen molar-refractivity contribution in [2.75, 3.05) is 18.4 Å². The van der Waals surface area contributed by atoms with Crippen LogP contribution in [0.3, 0.4) is 0 Å². The molecule has 3 rings (SSSR count). The van der Waals surface area contributed by atoms with Gasteiger partial charge in [-0.05, 0) is 49.5 Å². The Morgan fingerprint density at radius 3 is 2.85 bits per heavy atom. The van der Waals surface area contributed by atoms with Crippen LogP contribution in [0.1, 0.15) is 31.2 Å². The highest BCUT2D eigenvalue weighted by molar-refractivity contribution is 7.22. The molecule has 0 saturated carbocycles. The molecule has 2 N–H and O–H groups in total. The van der Waals surface area contributed by atoms with Crippen molar-refractivity contribution in [1.29, 1.82) is 0 Å². The number of fused-ring (bicyclic) bond motifs is 1. The van der Waals surface area contributed by atoms with Gasteiger partial charge in [0.05, 0.1) is 10.2 Å². The van der Waals surface area contributed by atoms with Crippen molar-refractivity contribution in [3.05, 3.63) is 23.8 Å². The largest absolute Gasteiger partial charge is 0.317 e. The number of carbonyl (C=O) groups excluding carboxylic acids is 1. The van der Waals surface area contributed by atoms with E-state index in [1.165, 1.54) is 25.3 Å². The fraction of sp³-hybridized carbons (Fsp3) is 0.429. The van der Waals surface area contributed by atoms with E-state index in [1.807, 2.05) is 0 Å². The minimum atomic E-state index is -0.0716. The number of carbonyl (C=O) groups is 1. The summed E-state index contributed by atoms with van der Waals surface area (Å²) in [5.41, 5.74) is 2.36. The first-order valence-corrected chi connectivity index (χ1v) is 7.43. The molecule has 0 unspecified atom stereocenters. The first kappa shape index (κ1) is 15.2. The van der Waals surface area contributed by atoms with Gasteiger partial charge in [-0.3, -0.25) is 4.79 Å². The Bertz CT molecular complexity index is 607. The lowest BCUT2D eigenvalue weighted by atomic mass is 9.90. The SMILES string of the molecule is CC(=O)Nc1nc2ccc(C3CCNCC3)cc2s1.Cl. The molecule has 1 fully saturated rings. The van der Waals surface area contributed by atoms with E-state index in [1.54, 1.807) is 11.3 Å². The molecule has 4 nitrogen and oxygen atoms in total. The fourth-order valence-electron chi connectivity index (χ4n) is 2.55. The summed E-state index contributed by atoms with van der Waals surface area (Å²) >= 11 is 1.55. The number of rotatable bonds is 2. The summed E-state index contributed by atoms with van der Waals surface area (Å²) in [5.74, 6) is 0.578. The van der Waals surface area contributed by atoms with Gasteiger partial charge in [-0.1, -0.05) is 17.4 Å². The molecule has 1 aliphatic heterocycles. The van der Waals surface area contributed by atoms with Crippen LogP contribution < -0.4 is 10.6 Å². The molecular weight excluding hydrogens is 294 g/mol. The van der Waals surface area contributed by atoms with Crippen LogP contribution in [0.25, 0.3) is 10.2 Å². The van der Waals surface area contributed by atoms with Gasteiger partial charge in [0, 0.05) is 6.92 Å². The standard InChI is InChI=1S/C14H17N3OS.ClH/c1-9(18)16-14-17-12-3-2-11(8-13(12)19-14)10-4-6-15-7-5-10;/h2-3,8,10,15H,4-7H2,1H3,(H,16,17,18);1H. The van der Waals surface area contributed by atoms with Crippen molar-refractivity contribution in [2.45, 2.75) is 25.7 Å². The number of benzene rings is 1. The highest BCUT2D eigenvalue weighted by atomic mass is 35.5. The lowest BCUT2D eigenvalue weighted by Gasteiger charge is -2.22. The number of hydrogen-bond acceptors (Lipinski definition) is 4. The Morgan fingerprint density at radius 1 is 1.40 bits per heavy atom. The van der Waals surface area contributed by atoms with Gasteiger partial charge in [0.1, 0.15) is 0 Å². The van der Waals surface area contributed by atoms with E-state index in [9.17, 15) is 4.79 Å². The van der Waals surface area contributed by atoms with Crippen molar-refractivity contribution in [3.63, 3.8) is 0 Å². The third-order valence-corrected chi connectivity index (χ3v) is 4.44. The minimum absolute atomic E-state index is 0. The molecule has 2 heterocycles. The van der Waals surface area contributed by atoms with Gasteiger partial charge < -0.3 is 10.6 Å². The molecule has 0 atom stereocenters. The van der Waals surface area contributed by atoms with Gasteiger partial charge in [0.15, 0.2) is 5.13 Å². The van der Waals surface area contributed by atoms with Crippen molar-refractivity contribution >= 4 is 45.0 Å². The molecule has 1 aliphatic rings. The molecule has 1 saturated heterocycles. The number of nitrogens with zero attached hydrogens (tertiary/aromatic N) is 1. The summed E-state index contributed by atoms with van der Waals surface area (Å²) in [7, 11) is 0. The molecule has 20 heavy (non-hydrogen) atoms. The van der Waals surface area contributed by atoms with Crippen LogP contribution >= 0.6 is 23.7 Å². The zero-order valence-electron chi connectivity index (χ0n) is 11.3. The smallest absolute Gasteiger partial charge is 0.223 e. The Morgan fingerprint density at radius 2 is 2.15 bits per heavy atom. The summed E-state index contributed by atoms with van der Waals surface area (Å²) in [6.45, 7) is 3.71. The maximum Gasteiger partial charge on any atom is 0.223 e. The van der Waals surface area contributed by atoms with Crippen LogP contribution in [0.5, 0.6) is 0 Å². The van der Waals surface area contributed by atoms with Crippen LogP contribution in [-0.2, 0) is 4.79 Å². The Balaban J connectivity index is 0.00000147. The molecular formula is C14H18ClN3OS. The number of hydrogen-bond donors (Lipinski definition) is 2. The second-order valence-corrected chi connectivity index (χ2v) is 5.98. The minimum Gasteiger partial charge on any atom is -0.317 e. The van der Waals surface area contributed by atoms with Crippen LogP contribution in [0.2, 0.25) is 0 Å². The number of halogens is 1. The molecule has 1 aromatic carbocycles. The highest BCUT2D eigenvalue weighted by Crippen LogP contribution is 2.31. The van der Waals surface area contributed by atoms with Gasteiger partial charge >= 0.3 is 0 Å². The molecule has 0 aliphatic carbocycles. The van der Waals surface area contributed by atoms with E-state index in [4.69, 9.17) is 0 Å². The third-order valence-electron chi connectivity index (χ3n) is 3.51. The molecule has 108 valence electrons. The molecule has 0 spiro atoms. The lowest BCUT2D eigenvalue weighted by molar-refractivity contribution is -0.114. The van der Waals surface area contributed by atoms with Crippen LogP contribution in [0.15, 0.2) is 18.2 Å². The maximum atomic E-state index is 11.1. The van der Waals surface area contributed by atoms with Crippen LogP contribution in [0.4, 0.5) is 5.13 Å². The number of aromatic nitrogens is 1. The van der Waals surface area contributed by atoms with E-state index in [0.29, 0.717) is 11.0 Å². The van der Waals surface area contributed by atoms with E-state index in [0.717, 1.165) is 23.3 Å². The first-order valence-electron chi connectivity index (χ1n) is 6.61. The molecule has 0 bridgehead atoms. The number of amides is 1. The lowest BCUT2D eigenvalue weighted by Crippen LogP contribution is -2.26. The third kappa shape index (κ3) is 3.29. The van der Waals surface area contributed by atoms with Crippen molar-refractivity contribution in [3.8, 4) is 0 Å². The Hall–Kier alpha value is -1.17. The van der Waals surface area contributed by atoms with E-state index in [-0.39, 0.29) is 18.3 Å². The molecule has 6 heteroatoms. The predicted molar refractivity (Wildman–Crippen MR) is 86.0 cm³/mol. The molecule has 1 aromatic heterocycles. The summed E-state index contributed by atoms with van der Waals surface area (Å²) < 4.78 is 1.15. The molecule has 2 aromatic rings. The highest BCUT2D eigenvalue weighted by Gasteiger charge is 2.16. The van der Waals surface area contributed by atoms with Crippen LogP contribution in [-0.4, -0.2) is 24.0 Å².